The van der Waals surface area contributed by atoms with Crippen LogP contribution in [0.1, 0.15) is 43.2 Å². The van der Waals surface area contributed by atoms with Crippen LogP contribution in [0.4, 0.5) is 16.4 Å². The molecule has 29 heavy (non-hydrogen) atoms. The summed E-state index contributed by atoms with van der Waals surface area (Å²) >= 11 is 1.50. The van der Waals surface area contributed by atoms with Crippen molar-refractivity contribution in [2.24, 2.45) is 5.92 Å². The smallest absolute Gasteiger partial charge is 0.252 e. The van der Waals surface area contributed by atoms with Gasteiger partial charge in [0.25, 0.3) is 5.91 Å². The molecular formula is C22H24N4O2S. The summed E-state index contributed by atoms with van der Waals surface area (Å²) in [7, 11) is 0. The highest BCUT2D eigenvalue weighted by Crippen LogP contribution is 2.39. The Labute approximate surface area is 174 Å². The number of nitrogens with one attached hydrogen (secondary N) is 2. The summed E-state index contributed by atoms with van der Waals surface area (Å²) in [5.74, 6) is 0.133. The summed E-state index contributed by atoms with van der Waals surface area (Å²) in [5, 5.41) is 16.4. The fourth-order valence-electron chi connectivity index (χ4n) is 4.08. The van der Waals surface area contributed by atoms with Crippen LogP contribution >= 0.6 is 11.3 Å². The number of benzene rings is 1. The molecule has 1 aromatic carbocycles. The summed E-state index contributed by atoms with van der Waals surface area (Å²) in [4.78, 5) is 28.5. The number of amides is 2. The Bertz CT molecular complexity index is 1030. The van der Waals surface area contributed by atoms with E-state index in [-0.39, 0.29) is 18.4 Å². The lowest BCUT2D eigenvalue weighted by Crippen LogP contribution is -2.55. The maximum Gasteiger partial charge on any atom is 0.252 e. The monoisotopic (exact) mass is 408 g/mol. The second kappa shape index (κ2) is 7.20. The van der Waals surface area contributed by atoms with Gasteiger partial charge in [-0.3, -0.25) is 14.5 Å². The van der Waals surface area contributed by atoms with Crippen molar-refractivity contribution in [3.05, 3.63) is 40.3 Å². The van der Waals surface area contributed by atoms with Gasteiger partial charge in [-0.1, -0.05) is 19.1 Å². The van der Waals surface area contributed by atoms with Crippen LogP contribution < -0.4 is 15.5 Å². The number of para-hydroxylation sites is 2. The number of nitriles is 1. The number of anilines is 3. The highest BCUT2D eigenvalue weighted by Gasteiger charge is 2.39. The lowest BCUT2D eigenvalue weighted by molar-refractivity contribution is -0.124. The summed E-state index contributed by atoms with van der Waals surface area (Å²) in [5.41, 5.74) is 2.37. The normalized spacial score (nSPS) is 19.6. The van der Waals surface area contributed by atoms with Gasteiger partial charge in [0.1, 0.15) is 23.2 Å². The number of thiophene rings is 1. The van der Waals surface area contributed by atoms with E-state index in [0.717, 1.165) is 30.5 Å². The van der Waals surface area contributed by atoms with Gasteiger partial charge in [0.15, 0.2) is 0 Å². The molecule has 1 aliphatic carbocycles. The van der Waals surface area contributed by atoms with Gasteiger partial charge in [-0.05, 0) is 56.7 Å². The summed E-state index contributed by atoms with van der Waals surface area (Å²) in [6.07, 6.45) is 2.89. The van der Waals surface area contributed by atoms with Crippen LogP contribution in [0.3, 0.4) is 0 Å². The second-order valence-corrected chi connectivity index (χ2v) is 9.48. The van der Waals surface area contributed by atoms with E-state index < -0.39 is 5.54 Å². The Balaban J connectivity index is 1.58. The van der Waals surface area contributed by atoms with Gasteiger partial charge < -0.3 is 10.6 Å². The van der Waals surface area contributed by atoms with E-state index in [9.17, 15) is 14.9 Å². The maximum absolute atomic E-state index is 12.9. The SMILES string of the molecule is CC1CCc2c(sc(NC(=O)CN3C(=O)C(C)(C)Nc4ccccc43)c2C#N)C1. The molecule has 1 aromatic heterocycles. The average Bonchev–Trinajstić information content (AvgIpc) is 3.00. The first-order valence-electron chi connectivity index (χ1n) is 9.84. The first kappa shape index (κ1) is 19.5. The molecule has 0 saturated carbocycles. The molecule has 2 N–H and O–H groups in total. The molecule has 0 saturated heterocycles. The third kappa shape index (κ3) is 3.49. The van der Waals surface area contributed by atoms with Gasteiger partial charge in [0, 0.05) is 4.88 Å². The minimum Gasteiger partial charge on any atom is -0.370 e. The average molecular weight is 409 g/mol. The zero-order valence-electron chi connectivity index (χ0n) is 16.8. The largest absolute Gasteiger partial charge is 0.370 e. The molecule has 0 radical (unpaired) electrons. The lowest BCUT2D eigenvalue weighted by Gasteiger charge is -2.39. The molecular weight excluding hydrogens is 384 g/mol. The van der Waals surface area contributed by atoms with E-state index in [1.54, 1.807) is 13.8 Å². The number of nitrogens with zero attached hydrogens (tertiary/aromatic N) is 2. The molecule has 4 rings (SSSR count). The molecule has 2 amide bonds. The number of carbonyl (C=O) groups excluding carboxylic acids is 2. The number of hydrogen-bond acceptors (Lipinski definition) is 5. The number of hydrogen-bond donors (Lipinski definition) is 2. The van der Waals surface area contributed by atoms with Crippen LogP contribution in [0.2, 0.25) is 0 Å². The molecule has 150 valence electrons. The molecule has 0 spiro atoms. The predicted molar refractivity (Wildman–Crippen MR) is 115 cm³/mol. The van der Waals surface area contributed by atoms with Crippen molar-refractivity contribution in [2.75, 3.05) is 22.1 Å². The zero-order chi connectivity index (χ0) is 20.8. The van der Waals surface area contributed by atoms with Crippen molar-refractivity contribution in [3.8, 4) is 6.07 Å². The van der Waals surface area contributed by atoms with Gasteiger partial charge in [0.05, 0.1) is 16.9 Å². The van der Waals surface area contributed by atoms with Gasteiger partial charge in [-0.15, -0.1) is 11.3 Å². The fourth-order valence-corrected chi connectivity index (χ4v) is 5.45. The highest BCUT2D eigenvalue weighted by molar-refractivity contribution is 7.16. The van der Waals surface area contributed by atoms with E-state index >= 15 is 0 Å². The minimum absolute atomic E-state index is 0.0925. The number of fused-ring (bicyclic) bond motifs is 2. The highest BCUT2D eigenvalue weighted by atomic mass is 32.1. The van der Waals surface area contributed by atoms with Crippen molar-refractivity contribution < 1.29 is 9.59 Å². The van der Waals surface area contributed by atoms with Crippen molar-refractivity contribution in [3.63, 3.8) is 0 Å². The zero-order valence-corrected chi connectivity index (χ0v) is 17.7. The molecule has 1 atom stereocenters. The van der Waals surface area contributed by atoms with Gasteiger partial charge in [0.2, 0.25) is 5.91 Å². The lowest BCUT2D eigenvalue weighted by atomic mass is 9.89. The molecule has 2 heterocycles. The molecule has 1 aliphatic heterocycles. The van der Waals surface area contributed by atoms with Crippen LogP contribution in [-0.4, -0.2) is 23.9 Å². The predicted octanol–water partition coefficient (Wildman–Crippen LogP) is 3.92. The van der Waals surface area contributed by atoms with Gasteiger partial charge in [-0.2, -0.15) is 5.26 Å². The van der Waals surface area contributed by atoms with Gasteiger partial charge >= 0.3 is 0 Å². The van der Waals surface area contributed by atoms with Crippen LogP contribution in [0.25, 0.3) is 0 Å². The van der Waals surface area contributed by atoms with E-state index in [2.05, 4.69) is 23.6 Å². The Hall–Kier alpha value is -2.85. The molecule has 0 fully saturated rings. The van der Waals surface area contributed by atoms with Crippen LogP contribution in [0.15, 0.2) is 24.3 Å². The third-order valence-electron chi connectivity index (χ3n) is 5.60. The first-order valence-corrected chi connectivity index (χ1v) is 10.7. The molecule has 0 bridgehead atoms. The summed E-state index contributed by atoms with van der Waals surface area (Å²) in [6, 6.07) is 9.74. The number of carbonyl (C=O) groups is 2. The minimum atomic E-state index is -0.801. The molecule has 2 aliphatic rings. The van der Waals surface area contributed by atoms with Crippen molar-refractivity contribution in [2.45, 2.75) is 45.6 Å². The van der Waals surface area contributed by atoms with E-state index in [0.29, 0.717) is 22.2 Å². The van der Waals surface area contributed by atoms with Crippen molar-refractivity contribution >= 4 is 39.5 Å². The van der Waals surface area contributed by atoms with Crippen LogP contribution in [0.5, 0.6) is 0 Å². The van der Waals surface area contributed by atoms with Crippen LogP contribution in [-0.2, 0) is 22.4 Å². The third-order valence-corrected chi connectivity index (χ3v) is 6.77. The quantitative estimate of drug-likeness (QED) is 0.806. The first-order chi connectivity index (χ1) is 13.8. The van der Waals surface area contributed by atoms with Gasteiger partial charge in [-0.25, -0.2) is 0 Å². The topological polar surface area (TPSA) is 85.2 Å². The van der Waals surface area contributed by atoms with E-state index in [1.165, 1.54) is 21.1 Å². The number of rotatable bonds is 3. The molecule has 6 nitrogen and oxygen atoms in total. The summed E-state index contributed by atoms with van der Waals surface area (Å²) in [6.45, 7) is 5.73. The summed E-state index contributed by atoms with van der Waals surface area (Å²) < 4.78 is 0. The van der Waals surface area contributed by atoms with Crippen LogP contribution in [0, 0.1) is 17.2 Å². The van der Waals surface area contributed by atoms with Crippen molar-refractivity contribution in [1.82, 2.24) is 0 Å². The standard InChI is InChI=1S/C22H24N4O2S/c1-13-8-9-14-15(11-23)20(29-18(14)10-13)24-19(27)12-26-17-7-5-4-6-16(17)25-22(2,3)21(26)28/h4-7,13,25H,8-10,12H2,1-3H3,(H,24,27). The van der Waals surface area contributed by atoms with E-state index in [4.69, 9.17) is 0 Å². The Morgan fingerprint density at radius 3 is 2.93 bits per heavy atom. The second-order valence-electron chi connectivity index (χ2n) is 8.37. The Kier molecular flexibility index (Phi) is 4.83. The van der Waals surface area contributed by atoms with Crippen molar-refractivity contribution in [1.29, 1.82) is 5.26 Å². The molecule has 7 heteroatoms. The Morgan fingerprint density at radius 2 is 2.17 bits per heavy atom. The molecule has 2 aromatic rings. The fraction of sp³-hybridized carbons (Fsp3) is 0.409. The van der Waals surface area contributed by atoms with E-state index in [1.807, 2.05) is 24.3 Å². The maximum atomic E-state index is 12.9. The molecule has 1 unspecified atom stereocenters. The Morgan fingerprint density at radius 1 is 1.41 bits per heavy atom.